The van der Waals surface area contributed by atoms with Crippen LogP contribution in [0.2, 0.25) is 0 Å². The number of amides is 1. The minimum atomic E-state index is -1.05. The Kier molecular flexibility index (Phi) is 6.00. The van der Waals surface area contributed by atoms with Crippen LogP contribution in [0.4, 0.5) is 5.69 Å². The molecule has 0 bridgehead atoms. The minimum Gasteiger partial charge on any atom is -0.453 e. The van der Waals surface area contributed by atoms with Gasteiger partial charge in [0.2, 0.25) is 0 Å². The van der Waals surface area contributed by atoms with Gasteiger partial charge in [-0.2, -0.15) is 5.26 Å². The molecular formula is C21H17N3O5. The van der Waals surface area contributed by atoms with E-state index in [0.717, 1.165) is 0 Å². The Labute approximate surface area is 165 Å². The highest BCUT2D eigenvalue weighted by Crippen LogP contribution is 2.12. The molecule has 1 N–H and O–H groups in total. The zero-order valence-corrected chi connectivity index (χ0v) is 15.5. The lowest BCUT2D eigenvalue weighted by Gasteiger charge is -2.13. The van der Waals surface area contributed by atoms with Gasteiger partial charge in [0.25, 0.3) is 5.91 Å². The first-order valence-electron chi connectivity index (χ1n) is 8.85. The van der Waals surface area contributed by atoms with E-state index in [1.54, 1.807) is 42.5 Å². The maximum Gasteiger partial charge on any atom is 0.358 e. The number of fused-ring (bicyclic) bond motifs is 1. The molecule has 29 heavy (non-hydrogen) atoms. The van der Waals surface area contributed by atoms with Gasteiger partial charge in [-0.3, -0.25) is 9.59 Å². The highest BCUT2D eigenvalue weighted by Gasteiger charge is 2.19. The van der Waals surface area contributed by atoms with Crippen LogP contribution in [0.15, 0.2) is 57.7 Å². The molecule has 2 aromatic carbocycles. The average Bonchev–Trinajstić information content (AvgIpc) is 2.72. The first-order chi connectivity index (χ1) is 14.0. The fourth-order valence-electron chi connectivity index (χ4n) is 2.58. The average molecular weight is 391 g/mol. The monoisotopic (exact) mass is 391 g/mol. The molecule has 0 saturated carbocycles. The molecule has 0 aliphatic heterocycles. The summed E-state index contributed by atoms with van der Waals surface area (Å²) >= 11 is 0. The number of benzene rings is 2. The first-order valence-corrected chi connectivity index (χ1v) is 8.85. The Bertz CT molecular complexity index is 1160. The molecule has 0 fully saturated rings. The zero-order chi connectivity index (χ0) is 20.8. The highest BCUT2D eigenvalue weighted by atomic mass is 16.5. The molecule has 1 atom stereocenters. The topological polar surface area (TPSA) is 122 Å². The zero-order valence-electron chi connectivity index (χ0n) is 15.5. The van der Waals surface area contributed by atoms with E-state index >= 15 is 0 Å². The second kappa shape index (κ2) is 8.80. The largest absolute Gasteiger partial charge is 0.453 e. The summed E-state index contributed by atoms with van der Waals surface area (Å²) in [5.74, 6) is -1.18. The van der Waals surface area contributed by atoms with E-state index in [2.05, 4.69) is 10.3 Å². The van der Waals surface area contributed by atoms with Crippen LogP contribution < -0.4 is 10.9 Å². The number of hydrogen-bond acceptors (Lipinski definition) is 7. The number of esters is 1. The lowest BCUT2D eigenvalue weighted by molar-refractivity contribution is -0.153. The van der Waals surface area contributed by atoms with Gasteiger partial charge in [-0.15, -0.1) is 0 Å². The van der Waals surface area contributed by atoms with Crippen LogP contribution in [-0.4, -0.2) is 23.0 Å². The maximum atomic E-state index is 12.2. The third-order valence-corrected chi connectivity index (χ3v) is 4.06. The van der Waals surface area contributed by atoms with Crippen LogP contribution in [0.5, 0.6) is 0 Å². The number of hydrogen-bond donors (Lipinski definition) is 1. The van der Waals surface area contributed by atoms with E-state index in [1.807, 2.05) is 6.07 Å². The summed E-state index contributed by atoms with van der Waals surface area (Å²) in [7, 11) is 0. The summed E-state index contributed by atoms with van der Waals surface area (Å²) in [6, 6.07) is 15.2. The standard InChI is InChI=1S/C21H17N3O5/c1-13(20(26)23-15-6-4-5-14(11-15)12-22)28-19(25)10-9-17-21(27)29-18-8-3-2-7-16(18)24-17/h2-8,11,13H,9-10H2,1H3,(H,23,26). The smallest absolute Gasteiger partial charge is 0.358 e. The SMILES string of the molecule is CC(OC(=O)CCc1nc2ccccc2oc1=O)C(=O)Nc1cccc(C#N)c1. The predicted octanol–water partition coefficient (Wildman–Crippen LogP) is 2.56. The normalized spacial score (nSPS) is 11.4. The number of anilines is 1. The molecule has 3 rings (SSSR count). The molecule has 8 heteroatoms. The summed E-state index contributed by atoms with van der Waals surface area (Å²) in [6.45, 7) is 1.43. The van der Waals surface area contributed by atoms with Gasteiger partial charge in [0.1, 0.15) is 11.2 Å². The van der Waals surface area contributed by atoms with E-state index in [4.69, 9.17) is 14.4 Å². The maximum absolute atomic E-state index is 12.2. The molecule has 1 aromatic heterocycles. The van der Waals surface area contributed by atoms with Crippen LogP contribution in [0.25, 0.3) is 11.1 Å². The van der Waals surface area contributed by atoms with Crippen molar-refractivity contribution < 1.29 is 18.7 Å². The molecule has 1 unspecified atom stereocenters. The van der Waals surface area contributed by atoms with Crippen molar-refractivity contribution in [2.75, 3.05) is 5.32 Å². The second-order valence-corrected chi connectivity index (χ2v) is 6.23. The molecule has 146 valence electrons. The summed E-state index contributed by atoms with van der Waals surface area (Å²) < 4.78 is 10.3. The Hall–Kier alpha value is -3.99. The number of nitrogens with zero attached hydrogens (tertiary/aromatic N) is 2. The number of ether oxygens (including phenoxy) is 1. The molecule has 0 radical (unpaired) electrons. The molecule has 1 heterocycles. The summed E-state index contributed by atoms with van der Waals surface area (Å²) in [6.07, 6.45) is -1.14. The Morgan fingerprint density at radius 1 is 1.24 bits per heavy atom. The molecule has 0 aliphatic rings. The van der Waals surface area contributed by atoms with Gasteiger partial charge >= 0.3 is 11.6 Å². The summed E-state index contributed by atoms with van der Waals surface area (Å²) in [5.41, 5.74) is 1.22. The second-order valence-electron chi connectivity index (χ2n) is 6.23. The number of aryl methyl sites for hydroxylation is 1. The Morgan fingerprint density at radius 2 is 2.03 bits per heavy atom. The van der Waals surface area contributed by atoms with Crippen molar-refractivity contribution >= 4 is 28.7 Å². The number of carbonyl (C=O) groups is 2. The molecule has 8 nitrogen and oxygen atoms in total. The van der Waals surface area contributed by atoms with Crippen LogP contribution in [0, 0.1) is 11.3 Å². The van der Waals surface area contributed by atoms with E-state index in [1.165, 1.54) is 13.0 Å². The molecule has 0 spiro atoms. The molecular weight excluding hydrogens is 374 g/mol. The third kappa shape index (κ3) is 5.05. The van der Waals surface area contributed by atoms with Gasteiger partial charge in [-0.05, 0) is 37.3 Å². The van der Waals surface area contributed by atoms with E-state index < -0.39 is 23.6 Å². The molecule has 0 aliphatic carbocycles. The van der Waals surface area contributed by atoms with Crippen molar-refractivity contribution in [3.63, 3.8) is 0 Å². The molecule has 0 saturated heterocycles. The van der Waals surface area contributed by atoms with Crippen molar-refractivity contribution in [2.45, 2.75) is 25.9 Å². The van der Waals surface area contributed by atoms with E-state index in [-0.39, 0.29) is 18.5 Å². The van der Waals surface area contributed by atoms with Crippen molar-refractivity contribution in [1.82, 2.24) is 4.98 Å². The van der Waals surface area contributed by atoms with E-state index in [0.29, 0.717) is 22.4 Å². The number of rotatable bonds is 6. The summed E-state index contributed by atoms with van der Waals surface area (Å²) in [5, 5.41) is 11.5. The van der Waals surface area contributed by atoms with Crippen LogP contribution in [-0.2, 0) is 20.7 Å². The molecule has 1 amide bonds. The number of nitrogens with one attached hydrogen (secondary N) is 1. The number of aromatic nitrogens is 1. The number of nitriles is 1. The van der Waals surface area contributed by atoms with Crippen LogP contribution in [0.1, 0.15) is 24.6 Å². The van der Waals surface area contributed by atoms with Crippen LogP contribution >= 0.6 is 0 Å². The number of para-hydroxylation sites is 2. The van der Waals surface area contributed by atoms with Crippen LogP contribution in [0.3, 0.4) is 0 Å². The van der Waals surface area contributed by atoms with Gasteiger partial charge in [0, 0.05) is 12.1 Å². The number of carbonyl (C=O) groups excluding carboxylic acids is 2. The van der Waals surface area contributed by atoms with Crippen molar-refractivity contribution in [2.24, 2.45) is 0 Å². The van der Waals surface area contributed by atoms with Gasteiger partial charge in [0.15, 0.2) is 11.7 Å². The lowest BCUT2D eigenvalue weighted by atomic mass is 10.2. The fourth-order valence-corrected chi connectivity index (χ4v) is 2.58. The lowest BCUT2D eigenvalue weighted by Crippen LogP contribution is -2.30. The van der Waals surface area contributed by atoms with Crippen molar-refractivity contribution in [3.05, 3.63) is 70.2 Å². The van der Waals surface area contributed by atoms with Gasteiger partial charge in [0.05, 0.1) is 18.1 Å². The Morgan fingerprint density at radius 3 is 2.83 bits per heavy atom. The Balaban J connectivity index is 1.56. The van der Waals surface area contributed by atoms with Crippen molar-refractivity contribution in [1.29, 1.82) is 5.26 Å². The first kappa shape index (κ1) is 19.8. The van der Waals surface area contributed by atoms with Gasteiger partial charge in [-0.25, -0.2) is 9.78 Å². The van der Waals surface area contributed by atoms with Gasteiger partial charge in [-0.1, -0.05) is 18.2 Å². The van der Waals surface area contributed by atoms with Gasteiger partial charge < -0.3 is 14.5 Å². The minimum absolute atomic E-state index is 0.0323. The fraction of sp³-hybridized carbons (Fsp3) is 0.190. The summed E-state index contributed by atoms with van der Waals surface area (Å²) in [4.78, 5) is 40.4. The van der Waals surface area contributed by atoms with Crippen molar-refractivity contribution in [3.8, 4) is 6.07 Å². The quantitative estimate of drug-likeness (QED) is 0.641. The predicted molar refractivity (Wildman–Crippen MR) is 104 cm³/mol. The van der Waals surface area contributed by atoms with E-state index in [9.17, 15) is 14.4 Å². The molecule has 3 aromatic rings. The third-order valence-electron chi connectivity index (χ3n) is 4.06. The highest BCUT2D eigenvalue weighted by molar-refractivity contribution is 5.95.